The summed E-state index contributed by atoms with van der Waals surface area (Å²) < 4.78 is 0. The Balaban J connectivity index is 0.00000192. The molecule has 1 heterocycles. The van der Waals surface area contributed by atoms with E-state index in [1.54, 1.807) is 11.8 Å². The highest BCUT2D eigenvalue weighted by Gasteiger charge is 2.39. The van der Waals surface area contributed by atoms with Gasteiger partial charge in [0.05, 0.1) is 5.88 Å². The van der Waals surface area contributed by atoms with Crippen molar-refractivity contribution in [2.24, 2.45) is 17.6 Å². The lowest BCUT2D eigenvalue weighted by Crippen LogP contribution is -2.52. The van der Waals surface area contributed by atoms with Gasteiger partial charge in [0.25, 0.3) is 0 Å². The maximum atomic E-state index is 12.6. The smallest absolute Gasteiger partial charge is 0.243 e. The average molecular weight is 362 g/mol. The first-order chi connectivity index (χ1) is 10.7. The van der Waals surface area contributed by atoms with Crippen molar-refractivity contribution in [2.45, 2.75) is 57.0 Å². The molecule has 0 aromatic rings. The fraction of sp³-hybridized carbons (Fsp3) is 0.875. The molecule has 7 heteroatoms. The molecule has 23 heavy (non-hydrogen) atoms. The summed E-state index contributed by atoms with van der Waals surface area (Å²) in [5.41, 5.74) is 5.79. The summed E-state index contributed by atoms with van der Waals surface area (Å²) in [5, 5.41) is 3.17. The summed E-state index contributed by atoms with van der Waals surface area (Å²) >= 11 is 1.69. The van der Waals surface area contributed by atoms with Gasteiger partial charge in [-0.05, 0) is 38.1 Å². The number of hydrogen-bond acceptors (Lipinski definition) is 4. The standard InChI is InChI=1S/C16H27N3O2S.ClH/c17-8-12-6-3-7-13(12)18-15(20)14-9-22-10-19(14)16(21)11-4-1-2-5-11;/h11-14H,1-10,17H2,(H,18,20);1H. The Kier molecular flexibility index (Phi) is 7.04. The van der Waals surface area contributed by atoms with Crippen molar-refractivity contribution in [3.05, 3.63) is 0 Å². The SMILES string of the molecule is Cl.NCC1CCCC1NC(=O)C1CSCN1C(=O)C1CCCC1. The predicted molar refractivity (Wildman–Crippen MR) is 95.5 cm³/mol. The molecule has 3 atom stereocenters. The lowest BCUT2D eigenvalue weighted by atomic mass is 10.0. The van der Waals surface area contributed by atoms with Gasteiger partial charge in [-0.2, -0.15) is 0 Å². The number of amides is 2. The van der Waals surface area contributed by atoms with Crippen molar-refractivity contribution < 1.29 is 9.59 Å². The zero-order valence-electron chi connectivity index (χ0n) is 13.5. The van der Waals surface area contributed by atoms with E-state index in [0.717, 1.165) is 50.7 Å². The number of nitrogens with two attached hydrogens (primary N) is 1. The Morgan fingerprint density at radius 2 is 1.87 bits per heavy atom. The molecule has 0 aromatic heterocycles. The normalized spacial score (nSPS) is 31.2. The number of nitrogens with zero attached hydrogens (tertiary/aromatic N) is 1. The summed E-state index contributed by atoms with van der Waals surface area (Å²) in [6.45, 7) is 0.634. The van der Waals surface area contributed by atoms with Gasteiger partial charge in [0.15, 0.2) is 0 Å². The van der Waals surface area contributed by atoms with Crippen LogP contribution in [0.4, 0.5) is 0 Å². The van der Waals surface area contributed by atoms with Gasteiger partial charge in [0, 0.05) is 17.7 Å². The van der Waals surface area contributed by atoms with Crippen LogP contribution in [0.1, 0.15) is 44.9 Å². The van der Waals surface area contributed by atoms with E-state index < -0.39 is 0 Å². The van der Waals surface area contributed by atoms with Gasteiger partial charge >= 0.3 is 0 Å². The first-order valence-electron chi connectivity index (χ1n) is 8.59. The van der Waals surface area contributed by atoms with Crippen LogP contribution in [-0.2, 0) is 9.59 Å². The van der Waals surface area contributed by atoms with Crippen LogP contribution >= 0.6 is 24.2 Å². The van der Waals surface area contributed by atoms with Gasteiger partial charge in [-0.1, -0.05) is 19.3 Å². The van der Waals surface area contributed by atoms with E-state index in [-0.39, 0.29) is 42.2 Å². The quantitative estimate of drug-likeness (QED) is 0.799. The third kappa shape index (κ3) is 4.15. The van der Waals surface area contributed by atoms with E-state index in [1.807, 2.05) is 4.90 Å². The van der Waals surface area contributed by atoms with Gasteiger partial charge in [0.1, 0.15) is 6.04 Å². The number of hydrogen-bond donors (Lipinski definition) is 2. The number of rotatable bonds is 4. The minimum Gasteiger partial charge on any atom is -0.351 e. The summed E-state index contributed by atoms with van der Waals surface area (Å²) in [4.78, 5) is 27.1. The van der Waals surface area contributed by atoms with Crippen LogP contribution in [0.2, 0.25) is 0 Å². The molecule has 5 nitrogen and oxygen atoms in total. The molecular weight excluding hydrogens is 334 g/mol. The minimum atomic E-state index is -0.280. The van der Waals surface area contributed by atoms with Crippen LogP contribution < -0.4 is 11.1 Å². The van der Waals surface area contributed by atoms with Gasteiger partial charge in [-0.15, -0.1) is 24.2 Å². The summed E-state index contributed by atoms with van der Waals surface area (Å²) in [6, 6.07) is -0.0799. The molecule has 0 spiro atoms. The molecular formula is C16H28ClN3O2S. The van der Waals surface area contributed by atoms with E-state index in [1.165, 1.54) is 0 Å². The van der Waals surface area contributed by atoms with Crippen molar-refractivity contribution >= 4 is 36.0 Å². The zero-order valence-corrected chi connectivity index (χ0v) is 15.2. The number of nitrogens with one attached hydrogen (secondary N) is 1. The molecule has 3 fully saturated rings. The predicted octanol–water partition coefficient (Wildman–Crippen LogP) is 1.74. The number of halogens is 1. The highest BCUT2D eigenvalue weighted by atomic mass is 35.5. The van der Waals surface area contributed by atoms with Gasteiger partial charge in [-0.25, -0.2) is 0 Å². The molecule has 3 rings (SSSR count). The second kappa shape index (κ2) is 8.58. The topological polar surface area (TPSA) is 75.4 Å². The highest BCUT2D eigenvalue weighted by molar-refractivity contribution is 7.99. The maximum Gasteiger partial charge on any atom is 0.243 e. The summed E-state index contributed by atoms with van der Waals surface area (Å²) in [5.74, 6) is 2.17. The van der Waals surface area contributed by atoms with E-state index in [4.69, 9.17) is 5.73 Å². The second-order valence-electron chi connectivity index (χ2n) is 6.85. The van der Waals surface area contributed by atoms with Crippen molar-refractivity contribution in [2.75, 3.05) is 18.2 Å². The van der Waals surface area contributed by atoms with E-state index in [0.29, 0.717) is 18.3 Å². The Morgan fingerprint density at radius 3 is 2.57 bits per heavy atom. The lowest BCUT2D eigenvalue weighted by Gasteiger charge is -2.28. The fourth-order valence-corrected chi connectivity index (χ4v) is 5.24. The second-order valence-corrected chi connectivity index (χ2v) is 7.85. The van der Waals surface area contributed by atoms with Crippen LogP contribution in [0, 0.1) is 11.8 Å². The van der Waals surface area contributed by atoms with Crippen LogP contribution in [0.5, 0.6) is 0 Å². The van der Waals surface area contributed by atoms with E-state index in [9.17, 15) is 9.59 Å². The zero-order chi connectivity index (χ0) is 15.5. The maximum absolute atomic E-state index is 12.6. The molecule has 3 N–H and O–H groups in total. The Bertz CT molecular complexity index is 432. The molecule has 0 bridgehead atoms. The molecule has 3 unspecified atom stereocenters. The Labute approximate surface area is 148 Å². The molecule has 0 aromatic carbocycles. The van der Waals surface area contributed by atoms with Crippen molar-refractivity contribution in [3.63, 3.8) is 0 Å². The molecule has 132 valence electrons. The number of carbonyl (C=O) groups excluding carboxylic acids is 2. The van der Waals surface area contributed by atoms with Crippen molar-refractivity contribution in [3.8, 4) is 0 Å². The summed E-state index contributed by atoms with van der Waals surface area (Å²) in [7, 11) is 0. The van der Waals surface area contributed by atoms with Crippen LogP contribution in [0.15, 0.2) is 0 Å². The molecule has 1 aliphatic heterocycles. The van der Waals surface area contributed by atoms with Gasteiger partial charge in [-0.3, -0.25) is 9.59 Å². The molecule has 2 aliphatic carbocycles. The van der Waals surface area contributed by atoms with Gasteiger partial charge < -0.3 is 16.0 Å². The van der Waals surface area contributed by atoms with Crippen LogP contribution in [-0.4, -0.2) is 47.0 Å². The Hall–Kier alpha value is -0.460. The van der Waals surface area contributed by atoms with Crippen LogP contribution in [0.3, 0.4) is 0 Å². The minimum absolute atomic E-state index is 0. The third-order valence-electron chi connectivity index (χ3n) is 5.46. The number of carbonyl (C=O) groups is 2. The first-order valence-corrected chi connectivity index (χ1v) is 9.75. The van der Waals surface area contributed by atoms with Crippen molar-refractivity contribution in [1.29, 1.82) is 0 Å². The monoisotopic (exact) mass is 361 g/mol. The number of thioether (sulfide) groups is 1. The summed E-state index contributed by atoms with van der Waals surface area (Å²) in [6.07, 6.45) is 7.54. The largest absolute Gasteiger partial charge is 0.351 e. The lowest BCUT2D eigenvalue weighted by molar-refractivity contribution is -0.141. The third-order valence-corrected chi connectivity index (χ3v) is 6.47. The average Bonchev–Trinajstić information content (AvgIpc) is 3.26. The van der Waals surface area contributed by atoms with Crippen LogP contribution in [0.25, 0.3) is 0 Å². The Morgan fingerprint density at radius 1 is 1.13 bits per heavy atom. The molecule has 1 saturated heterocycles. The molecule has 3 aliphatic rings. The molecule has 2 saturated carbocycles. The molecule has 0 radical (unpaired) electrons. The highest BCUT2D eigenvalue weighted by Crippen LogP contribution is 2.31. The molecule has 2 amide bonds. The van der Waals surface area contributed by atoms with E-state index >= 15 is 0 Å². The first kappa shape index (κ1) is 18.9. The van der Waals surface area contributed by atoms with Gasteiger partial charge in [0.2, 0.25) is 11.8 Å². The fourth-order valence-electron chi connectivity index (χ4n) is 4.07. The van der Waals surface area contributed by atoms with Crippen molar-refractivity contribution in [1.82, 2.24) is 10.2 Å². The van der Waals surface area contributed by atoms with E-state index in [2.05, 4.69) is 5.32 Å².